The van der Waals surface area contributed by atoms with Crippen LogP contribution in [0.2, 0.25) is 5.02 Å². The van der Waals surface area contributed by atoms with Gasteiger partial charge in [-0.3, -0.25) is 9.52 Å². The van der Waals surface area contributed by atoms with Crippen molar-refractivity contribution in [2.45, 2.75) is 18.4 Å². The third-order valence-corrected chi connectivity index (χ3v) is 6.02. The van der Waals surface area contributed by atoms with E-state index in [1.165, 1.54) is 30.3 Å². The fourth-order valence-corrected chi connectivity index (χ4v) is 3.98. The van der Waals surface area contributed by atoms with Crippen LogP contribution in [0.1, 0.15) is 21.5 Å². The zero-order chi connectivity index (χ0) is 21.0. The lowest BCUT2D eigenvalue weighted by molar-refractivity contribution is 0.0785. The molecule has 3 aromatic carbocycles. The van der Waals surface area contributed by atoms with Crippen molar-refractivity contribution in [3.63, 3.8) is 0 Å². The molecule has 0 aromatic heterocycles. The van der Waals surface area contributed by atoms with Gasteiger partial charge in [-0.2, -0.15) is 0 Å². The number of carbonyl (C=O) groups excluding carboxylic acids is 1. The minimum absolute atomic E-state index is 0.0927. The second-order valence-electron chi connectivity index (χ2n) is 6.79. The maximum Gasteiger partial charge on any atom is 0.261 e. The predicted octanol–water partition coefficient (Wildman–Crippen LogP) is 4.72. The minimum Gasteiger partial charge on any atom is -0.337 e. The van der Waals surface area contributed by atoms with E-state index < -0.39 is 10.0 Å². The summed E-state index contributed by atoms with van der Waals surface area (Å²) >= 11 is 5.82. The van der Waals surface area contributed by atoms with Gasteiger partial charge in [-0.25, -0.2) is 8.42 Å². The van der Waals surface area contributed by atoms with E-state index in [0.717, 1.165) is 11.1 Å². The van der Waals surface area contributed by atoms with E-state index in [4.69, 9.17) is 11.6 Å². The molecule has 0 bridgehead atoms. The summed E-state index contributed by atoms with van der Waals surface area (Å²) < 4.78 is 27.6. The van der Waals surface area contributed by atoms with Crippen LogP contribution in [0.5, 0.6) is 0 Å². The Bertz CT molecular complexity index is 1110. The van der Waals surface area contributed by atoms with E-state index in [0.29, 0.717) is 22.8 Å². The third-order valence-electron chi connectivity index (χ3n) is 4.37. The number of hydrogen-bond acceptors (Lipinski definition) is 3. The monoisotopic (exact) mass is 428 g/mol. The Morgan fingerprint density at radius 3 is 2.31 bits per heavy atom. The van der Waals surface area contributed by atoms with Gasteiger partial charge in [0, 0.05) is 29.9 Å². The summed E-state index contributed by atoms with van der Waals surface area (Å²) in [4.78, 5) is 14.5. The van der Waals surface area contributed by atoms with Crippen molar-refractivity contribution in [1.82, 2.24) is 4.90 Å². The first kappa shape index (κ1) is 20.9. The number of benzene rings is 3. The molecule has 0 saturated heterocycles. The first-order chi connectivity index (χ1) is 13.7. The number of carbonyl (C=O) groups is 1. The summed E-state index contributed by atoms with van der Waals surface area (Å²) in [6.07, 6.45) is 0. The van der Waals surface area contributed by atoms with Crippen LogP contribution in [0.3, 0.4) is 0 Å². The van der Waals surface area contributed by atoms with E-state index in [1.54, 1.807) is 30.1 Å². The summed E-state index contributed by atoms with van der Waals surface area (Å²) in [5, 5.41) is 0.452. The first-order valence-electron chi connectivity index (χ1n) is 8.94. The Hall–Kier alpha value is -2.83. The van der Waals surface area contributed by atoms with E-state index in [9.17, 15) is 13.2 Å². The number of sulfonamides is 1. The molecular weight excluding hydrogens is 408 g/mol. The normalized spacial score (nSPS) is 11.1. The topological polar surface area (TPSA) is 66.5 Å². The van der Waals surface area contributed by atoms with Crippen molar-refractivity contribution in [3.05, 3.63) is 94.5 Å². The van der Waals surface area contributed by atoms with Gasteiger partial charge in [0.2, 0.25) is 0 Å². The summed E-state index contributed by atoms with van der Waals surface area (Å²) in [7, 11) is -2.06. The maximum absolute atomic E-state index is 12.8. The Balaban J connectivity index is 1.75. The minimum atomic E-state index is -3.78. The highest BCUT2D eigenvalue weighted by Gasteiger charge is 2.16. The average molecular weight is 429 g/mol. The molecule has 3 aromatic rings. The van der Waals surface area contributed by atoms with Gasteiger partial charge in [-0.15, -0.1) is 0 Å². The van der Waals surface area contributed by atoms with E-state index in [-0.39, 0.29) is 10.8 Å². The van der Waals surface area contributed by atoms with Crippen molar-refractivity contribution < 1.29 is 13.2 Å². The standard InChI is InChI=1S/C22H21ClN2O3S/c1-16-6-8-17(9-7-16)15-25(2)22(26)18-4-3-5-20(14-18)24-29(27,28)21-12-10-19(23)11-13-21/h3-14,24H,15H2,1-2H3. The third kappa shape index (κ3) is 5.37. The number of nitrogens with one attached hydrogen (secondary N) is 1. The lowest BCUT2D eigenvalue weighted by Crippen LogP contribution is -2.26. The highest BCUT2D eigenvalue weighted by atomic mass is 35.5. The summed E-state index contributed by atoms with van der Waals surface area (Å²) in [6.45, 7) is 2.47. The van der Waals surface area contributed by atoms with Crippen LogP contribution in [0.4, 0.5) is 5.69 Å². The van der Waals surface area contributed by atoms with Gasteiger partial charge in [-0.05, 0) is 55.0 Å². The smallest absolute Gasteiger partial charge is 0.261 e. The molecule has 29 heavy (non-hydrogen) atoms. The quantitative estimate of drug-likeness (QED) is 0.617. The zero-order valence-electron chi connectivity index (χ0n) is 16.1. The number of anilines is 1. The highest BCUT2D eigenvalue weighted by Crippen LogP contribution is 2.20. The number of rotatable bonds is 6. The van der Waals surface area contributed by atoms with Crippen molar-refractivity contribution in [1.29, 1.82) is 0 Å². The van der Waals surface area contributed by atoms with Gasteiger partial charge in [0.05, 0.1) is 4.90 Å². The number of hydrogen-bond donors (Lipinski definition) is 1. The molecule has 0 spiro atoms. The fourth-order valence-electron chi connectivity index (χ4n) is 2.80. The van der Waals surface area contributed by atoms with E-state index in [1.807, 2.05) is 31.2 Å². The van der Waals surface area contributed by atoms with Crippen molar-refractivity contribution in [2.24, 2.45) is 0 Å². The molecule has 1 N–H and O–H groups in total. The molecule has 5 nitrogen and oxygen atoms in total. The Kier molecular flexibility index (Phi) is 6.25. The van der Waals surface area contributed by atoms with Crippen LogP contribution in [-0.2, 0) is 16.6 Å². The molecule has 0 saturated carbocycles. The fraction of sp³-hybridized carbons (Fsp3) is 0.136. The van der Waals surface area contributed by atoms with E-state index in [2.05, 4.69) is 4.72 Å². The Morgan fingerprint density at radius 1 is 1.00 bits per heavy atom. The molecular formula is C22H21ClN2O3S. The SMILES string of the molecule is Cc1ccc(CN(C)C(=O)c2cccc(NS(=O)(=O)c3ccc(Cl)cc3)c2)cc1. The Morgan fingerprint density at radius 2 is 1.66 bits per heavy atom. The second kappa shape index (κ2) is 8.68. The van der Waals surface area contributed by atoms with Crippen LogP contribution in [-0.4, -0.2) is 26.3 Å². The molecule has 0 aliphatic carbocycles. The van der Waals surface area contributed by atoms with E-state index >= 15 is 0 Å². The number of halogens is 1. The van der Waals surface area contributed by atoms with Gasteiger partial charge >= 0.3 is 0 Å². The molecule has 7 heteroatoms. The lowest BCUT2D eigenvalue weighted by Gasteiger charge is -2.18. The summed E-state index contributed by atoms with van der Waals surface area (Å²) in [6, 6.07) is 20.3. The van der Waals surface area contributed by atoms with Gasteiger partial charge < -0.3 is 4.90 Å². The van der Waals surface area contributed by atoms with Crippen molar-refractivity contribution in [3.8, 4) is 0 Å². The molecule has 0 unspecified atom stereocenters. The molecule has 0 aliphatic heterocycles. The van der Waals surface area contributed by atoms with Gasteiger partial charge in [-0.1, -0.05) is 47.5 Å². The van der Waals surface area contributed by atoms with Crippen molar-refractivity contribution >= 4 is 33.2 Å². The first-order valence-corrected chi connectivity index (χ1v) is 10.8. The van der Waals surface area contributed by atoms with Crippen LogP contribution >= 0.6 is 11.6 Å². The van der Waals surface area contributed by atoms with Crippen LogP contribution in [0.25, 0.3) is 0 Å². The van der Waals surface area contributed by atoms with Gasteiger partial charge in [0.25, 0.3) is 15.9 Å². The largest absolute Gasteiger partial charge is 0.337 e. The van der Waals surface area contributed by atoms with Crippen LogP contribution in [0.15, 0.2) is 77.7 Å². The van der Waals surface area contributed by atoms with Crippen LogP contribution < -0.4 is 4.72 Å². The molecule has 1 amide bonds. The molecule has 0 fully saturated rings. The number of nitrogens with zero attached hydrogens (tertiary/aromatic N) is 1. The number of aryl methyl sites for hydroxylation is 1. The van der Waals surface area contributed by atoms with Crippen LogP contribution in [0, 0.1) is 6.92 Å². The second-order valence-corrected chi connectivity index (χ2v) is 8.91. The summed E-state index contributed by atoms with van der Waals surface area (Å²) in [5.41, 5.74) is 2.89. The molecule has 150 valence electrons. The molecule has 3 rings (SSSR count). The average Bonchev–Trinajstić information content (AvgIpc) is 2.69. The molecule has 0 atom stereocenters. The van der Waals surface area contributed by atoms with Gasteiger partial charge in [0.1, 0.15) is 0 Å². The molecule has 0 radical (unpaired) electrons. The maximum atomic E-state index is 12.8. The summed E-state index contributed by atoms with van der Waals surface area (Å²) in [5.74, 6) is -0.196. The molecule has 0 heterocycles. The highest BCUT2D eigenvalue weighted by molar-refractivity contribution is 7.92. The Labute approximate surface area is 176 Å². The lowest BCUT2D eigenvalue weighted by atomic mass is 10.1. The number of amides is 1. The van der Waals surface area contributed by atoms with Gasteiger partial charge in [0.15, 0.2) is 0 Å². The predicted molar refractivity (Wildman–Crippen MR) is 116 cm³/mol. The zero-order valence-corrected chi connectivity index (χ0v) is 17.7. The molecule has 0 aliphatic rings. The van der Waals surface area contributed by atoms with Crippen molar-refractivity contribution in [2.75, 3.05) is 11.8 Å².